The molecule has 2 rings (SSSR count). The van der Waals surface area contributed by atoms with Gasteiger partial charge in [0.2, 0.25) is 5.91 Å². The van der Waals surface area contributed by atoms with Gasteiger partial charge in [-0.3, -0.25) is 9.69 Å². The van der Waals surface area contributed by atoms with Crippen molar-refractivity contribution in [2.24, 2.45) is 5.92 Å². The molecule has 0 bridgehead atoms. The molecule has 1 aliphatic heterocycles. The van der Waals surface area contributed by atoms with Crippen molar-refractivity contribution >= 4 is 46.5 Å². The molecule has 0 aliphatic carbocycles. The topological polar surface area (TPSA) is 46.1 Å². The highest BCUT2D eigenvalue weighted by Gasteiger charge is 2.32. The summed E-state index contributed by atoms with van der Waals surface area (Å²) in [6.07, 6.45) is 1.70. The average molecular weight is 281 g/mol. The zero-order valence-corrected chi connectivity index (χ0v) is 10.4. The molecule has 1 aromatic heterocycles. The standard InChI is InChI=1S/C9H8Cl3N3O/c10-2-5-1-6(16)15(3-5)9-7(11)8(12)13-4-14-9/h4-5H,1-3H2. The highest BCUT2D eigenvalue weighted by Crippen LogP contribution is 2.32. The molecular weight excluding hydrogens is 272 g/mol. The van der Waals surface area contributed by atoms with E-state index in [0.717, 1.165) is 0 Å². The Balaban J connectivity index is 2.31. The lowest BCUT2D eigenvalue weighted by atomic mass is 10.1. The van der Waals surface area contributed by atoms with E-state index in [4.69, 9.17) is 34.8 Å². The Hall–Kier alpha value is -0.580. The Morgan fingerprint density at radius 2 is 2.19 bits per heavy atom. The SMILES string of the molecule is O=C1CC(CCl)CN1c1ncnc(Cl)c1Cl. The largest absolute Gasteiger partial charge is 0.295 e. The lowest BCUT2D eigenvalue weighted by Crippen LogP contribution is -2.26. The highest BCUT2D eigenvalue weighted by molar-refractivity contribution is 6.43. The van der Waals surface area contributed by atoms with E-state index in [2.05, 4.69) is 9.97 Å². The van der Waals surface area contributed by atoms with Crippen LogP contribution >= 0.6 is 34.8 Å². The van der Waals surface area contributed by atoms with Crippen LogP contribution in [0.4, 0.5) is 5.82 Å². The van der Waals surface area contributed by atoms with Crippen molar-refractivity contribution in [1.29, 1.82) is 0 Å². The number of anilines is 1. The average Bonchev–Trinajstić information content (AvgIpc) is 2.64. The van der Waals surface area contributed by atoms with Gasteiger partial charge in [0.05, 0.1) is 0 Å². The van der Waals surface area contributed by atoms with Crippen molar-refractivity contribution < 1.29 is 4.79 Å². The number of amides is 1. The van der Waals surface area contributed by atoms with E-state index in [-0.39, 0.29) is 22.0 Å². The van der Waals surface area contributed by atoms with Gasteiger partial charge in [0.25, 0.3) is 0 Å². The molecule has 7 heteroatoms. The molecule has 0 spiro atoms. The van der Waals surface area contributed by atoms with Crippen LogP contribution in [0, 0.1) is 5.92 Å². The van der Waals surface area contributed by atoms with Gasteiger partial charge in [-0.1, -0.05) is 23.2 Å². The Labute approximate surface area is 108 Å². The summed E-state index contributed by atoms with van der Waals surface area (Å²) < 4.78 is 0. The first-order chi connectivity index (χ1) is 7.63. The molecule has 1 aliphatic rings. The number of alkyl halides is 1. The van der Waals surface area contributed by atoms with E-state index in [1.807, 2.05) is 0 Å². The van der Waals surface area contributed by atoms with Crippen LogP contribution in [0.15, 0.2) is 6.33 Å². The van der Waals surface area contributed by atoms with Crippen molar-refractivity contribution in [3.63, 3.8) is 0 Å². The van der Waals surface area contributed by atoms with Gasteiger partial charge in [0.1, 0.15) is 11.3 Å². The number of nitrogens with zero attached hydrogens (tertiary/aromatic N) is 3. The van der Waals surface area contributed by atoms with E-state index in [1.54, 1.807) is 0 Å². The second-order valence-corrected chi connectivity index (χ2v) is 4.58. The van der Waals surface area contributed by atoms with Crippen LogP contribution in [-0.4, -0.2) is 28.3 Å². The van der Waals surface area contributed by atoms with E-state index in [0.29, 0.717) is 24.7 Å². The summed E-state index contributed by atoms with van der Waals surface area (Å²) in [4.78, 5) is 20.9. The van der Waals surface area contributed by atoms with E-state index in [9.17, 15) is 4.79 Å². The third kappa shape index (κ3) is 2.10. The first-order valence-electron chi connectivity index (χ1n) is 4.65. The second kappa shape index (κ2) is 4.73. The molecule has 2 heterocycles. The summed E-state index contributed by atoms with van der Waals surface area (Å²) in [5, 5.41) is 0.349. The van der Waals surface area contributed by atoms with Gasteiger partial charge in [-0.2, -0.15) is 0 Å². The first-order valence-corrected chi connectivity index (χ1v) is 5.95. The Bertz CT molecular complexity index is 426. The van der Waals surface area contributed by atoms with E-state index in [1.165, 1.54) is 11.2 Å². The predicted octanol–water partition coefficient (Wildman–Crippen LogP) is 2.38. The highest BCUT2D eigenvalue weighted by atomic mass is 35.5. The zero-order valence-electron chi connectivity index (χ0n) is 8.16. The van der Waals surface area contributed by atoms with Crippen LogP contribution < -0.4 is 4.90 Å². The first kappa shape index (κ1) is 11.9. The number of hydrogen-bond donors (Lipinski definition) is 0. The zero-order chi connectivity index (χ0) is 11.7. The quantitative estimate of drug-likeness (QED) is 0.617. The summed E-state index contributed by atoms with van der Waals surface area (Å²) in [5.41, 5.74) is 0. The Morgan fingerprint density at radius 3 is 2.81 bits per heavy atom. The number of rotatable bonds is 2. The molecule has 1 unspecified atom stereocenters. The molecular formula is C9H8Cl3N3O. The van der Waals surface area contributed by atoms with E-state index < -0.39 is 0 Å². The molecule has 0 aromatic carbocycles. The van der Waals surface area contributed by atoms with Crippen LogP contribution in [0.5, 0.6) is 0 Å². The van der Waals surface area contributed by atoms with Gasteiger partial charge < -0.3 is 0 Å². The molecule has 1 fully saturated rings. The Morgan fingerprint density at radius 1 is 1.44 bits per heavy atom. The molecule has 1 aromatic rings. The minimum Gasteiger partial charge on any atom is -0.295 e. The number of carbonyl (C=O) groups is 1. The molecule has 16 heavy (non-hydrogen) atoms. The number of carbonyl (C=O) groups excluding carboxylic acids is 1. The number of hydrogen-bond acceptors (Lipinski definition) is 3. The van der Waals surface area contributed by atoms with Crippen molar-refractivity contribution in [1.82, 2.24) is 9.97 Å². The van der Waals surface area contributed by atoms with Crippen LogP contribution in [0.2, 0.25) is 10.2 Å². The van der Waals surface area contributed by atoms with Gasteiger partial charge in [-0.05, 0) is 5.92 Å². The molecule has 0 radical (unpaired) electrons. The molecule has 1 amide bonds. The van der Waals surface area contributed by atoms with Gasteiger partial charge >= 0.3 is 0 Å². The number of halogens is 3. The molecule has 1 saturated heterocycles. The van der Waals surface area contributed by atoms with Crippen molar-refractivity contribution in [2.75, 3.05) is 17.3 Å². The lowest BCUT2D eigenvalue weighted by molar-refractivity contribution is -0.117. The maximum Gasteiger partial charge on any atom is 0.228 e. The fourth-order valence-electron chi connectivity index (χ4n) is 1.62. The fraction of sp³-hybridized carbons (Fsp3) is 0.444. The monoisotopic (exact) mass is 279 g/mol. The van der Waals surface area contributed by atoms with Crippen LogP contribution in [-0.2, 0) is 4.79 Å². The molecule has 86 valence electrons. The summed E-state index contributed by atoms with van der Waals surface area (Å²) in [7, 11) is 0. The third-order valence-corrected chi connectivity index (χ3v) is 3.58. The normalized spacial score (nSPS) is 20.6. The molecule has 0 N–H and O–H groups in total. The van der Waals surface area contributed by atoms with Crippen molar-refractivity contribution in [3.8, 4) is 0 Å². The van der Waals surface area contributed by atoms with Crippen molar-refractivity contribution in [2.45, 2.75) is 6.42 Å². The summed E-state index contributed by atoms with van der Waals surface area (Å²) in [6.45, 7) is 0.523. The molecule has 1 atom stereocenters. The minimum atomic E-state index is -0.0395. The summed E-state index contributed by atoms with van der Waals surface area (Å²) >= 11 is 17.4. The number of aromatic nitrogens is 2. The fourth-order valence-corrected chi connectivity index (χ4v) is 2.15. The smallest absolute Gasteiger partial charge is 0.228 e. The summed E-state index contributed by atoms with van der Waals surface area (Å²) in [5.74, 6) is 0.902. The lowest BCUT2D eigenvalue weighted by Gasteiger charge is -2.16. The van der Waals surface area contributed by atoms with Crippen LogP contribution in [0.1, 0.15) is 6.42 Å². The van der Waals surface area contributed by atoms with Gasteiger partial charge in [0, 0.05) is 18.8 Å². The third-order valence-electron chi connectivity index (χ3n) is 2.41. The minimum absolute atomic E-state index is 0.0395. The molecule has 0 saturated carbocycles. The molecule has 4 nitrogen and oxygen atoms in total. The van der Waals surface area contributed by atoms with Crippen molar-refractivity contribution in [3.05, 3.63) is 16.5 Å². The predicted molar refractivity (Wildman–Crippen MR) is 63.2 cm³/mol. The van der Waals surface area contributed by atoms with Gasteiger partial charge in [0.15, 0.2) is 11.0 Å². The van der Waals surface area contributed by atoms with Gasteiger partial charge in [-0.15, -0.1) is 11.6 Å². The van der Waals surface area contributed by atoms with Crippen LogP contribution in [0.3, 0.4) is 0 Å². The van der Waals surface area contributed by atoms with Crippen LogP contribution in [0.25, 0.3) is 0 Å². The maximum atomic E-state index is 11.7. The van der Waals surface area contributed by atoms with E-state index >= 15 is 0 Å². The maximum absolute atomic E-state index is 11.7. The van der Waals surface area contributed by atoms with Gasteiger partial charge in [-0.25, -0.2) is 9.97 Å². The summed E-state index contributed by atoms with van der Waals surface area (Å²) in [6, 6.07) is 0. The Kier molecular flexibility index (Phi) is 3.52. The second-order valence-electron chi connectivity index (χ2n) is 3.53.